The highest BCUT2D eigenvalue weighted by Gasteiger charge is 2.23. The topological polar surface area (TPSA) is 83.6 Å². The number of alkyl halides is 2. The lowest BCUT2D eigenvalue weighted by Crippen LogP contribution is -2.09. The van der Waals surface area contributed by atoms with Gasteiger partial charge in [0.25, 0.3) is 0 Å². The SMILES string of the molecule is O=C(Oc1ccc2c(c1)Cc1cc(OC(=O)c3ccc(OCCCCC4CO4)c(F)c3)ccc1-2)c1ccc(OC(F)F)cc1. The molecule has 4 aromatic carbocycles. The highest BCUT2D eigenvalue weighted by molar-refractivity contribution is 5.92. The Morgan fingerprint density at radius 3 is 1.95 bits per heavy atom. The maximum Gasteiger partial charge on any atom is 0.387 e. The van der Waals surface area contributed by atoms with Crippen LogP contribution in [-0.4, -0.2) is 37.9 Å². The predicted octanol–water partition coefficient (Wildman–Crippen LogP) is 7.38. The fourth-order valence-corrected chi connectivity index (χ4v) is 5.03. The smallest absolute Gasteiger partial charge is 0.387 e. The molecule has 0 N–H and O–H groups in total. The van der Waals surface area contributed by atoms with Crippen LogP contribution in [0.4, 0.5) is 13.2 Å². The fraction of sp³-hybridized carbons (Fsp3) is 0.235. The highest BCUT2D eigenvalue weighted by Crippen LogP contribution is 2.40. The van der Waals surface area contributed by atoms with Crippen LogP contribution < -0.4 is 18.9 Å². The summed E-state index contributed by atoms with van der Waals surface area (Å²) in [6, 6.07) is 19.7. The molecule has 10 heteroatoms. The molecule has 2 aliphatic rings. The van der Waals surface area contributed by atoms with Gasteiger partial charge in [0.05, 0.1) is 30.4 Å². The van der Waals surface area contributed by atoms with Gasteiger partial charge in [-0.2, -0.15) is 8.78 Å². The van der Waals surface area contributed by atoms with Gasteiger partial charge in [-0.25, -0.2) is 14.0 Å². The van der Waals surface area contributed by atoms with Gasteiger partial charge in [-0.1, -0.05) is 12.1 Å². The molecule has 1 aliphatic heterocycles. The van der Waals surface area contributed by atoms with E-state index < -0.39 is 24.4 Å². The molecule has 6 rings (SSSR count). The number of epoxide rings is 1. The maximum atomic E-state index is 14.6. The standard InChI is InChI=1S/C34H27F3O7/c35-30-18-21(6-13-31(30)40-14-2-1-3-27-19-41-27)33(39)43-26-10-12-29-23(17-26)15-22-16-25(9-11-28(22)29)42-32(38)20-4-7-24(8-5-20)44-34(36)37/h4-13,16-18,27,34H,1-3,14-15,19H2. The second-order valence-corrected chi connectivity index (χ2v) is 10.4. The lowest BCUT2D eigenvalue weighted by atomic mass is 10.1. The van der Waals surface area contributed by atoms with E-state index in [1.165, 1.54) is 36.4 Å². The Morgan fingerprint density at radius 2 is 1.36 bits per heavy atom. The van der Waals surface area contributed by atoms with Crippen LogP contribution in [0.3, 0.4) is 0 Å². The number of ether oxygens (including phenoxy) is 5. The van der Waals surface area contributed by atoms with Gasteiger partial charge in [0.15, 0.2) is 11.6 Å². The number of hydrogen-bond donors (Lipinski definition) is 0. The summed E-state index contributed by atoms with van der Waals surface area (Å²) < 4.78 is 65.3. The zero-order chi connectivity index (χ0) is 30.6. The Kier molecular flexibility index (Phi) is 8.51. The first-order chi connectivity index (χ1) is 21.3. The number of rotatable bonds is 12. The molecule has 0 spiro atoms. The summed E-state index contributed by atoms with van der Waals surface area (Å²) in [6.07, 6.45) is 3.58. The quantitative estimate of drug-likeness (QED) is 0.0636. The van der Waals surface area contributed by atoms with E-state index in [1.807, 2.05) is 12.1 Å². The lowest BCUT2D eigenvalue weighted by molar-refractivity contribution is -0.0498. The molecule has 1 saturated heterocycles. The Labute approximate surface area is 251 Å². The average Bonchev–Trinajstić information content (AvgIpc) is 3.76. The number of halogens is 3. The largest absolute Gasteiger partial charge is 0.491 e. The van der Waals surface area contributed by atoms with E-state index in [1.54, 1.807) is 24.3 Å². The number of benzene rings is 4. The molecule has 1 unspecified atom stereocenters. The van der Waals surface area contributed by atoms with Crippen molar-refractivity contribution in [3.8, 4) is 34.1 Å². The van der Waals surface area contributed by atoms with E-state index in [4.69, 9.17) is 18.9 Å². The van der Waals surface area contributed by atoms with E-state index in [0.717, 1.165) is 54.2 Å². The minimum absolute atomic E-state index is 0.0618. The van der Waals surface area contributed by atoms with E-state index in [-0.39, 0.29) is 22.6 Å². The monoisotopic (exact) mass is 604 g/mol. The predicted molar refractivity (Wildman–Crippen MR) is 153 cm³/mol. The molecule has 1 heterocycles. The first kappa shape index (κ1) is 29.3. The van der Waals surface area contributed by atoms with Gasteiger partial charge < -0.3 is 23.7 Å². The number of carbonyl (C=O) groups excluding carboxylic acids is 2. The van der Waals surface area contributed by atoms with Crippen LogP contribution >= 0.6 is 0 Å². The van der Waals surface area contributed by atoms with Crippen molar-refractivity contribution < 1.29 is 46.4 Å². The van der Waals surface area contributed by atoms with Gasteiger partial charge >= 0.3 is 18.6 Å². The van der Waals surface area contributed by atoms with Crippen molar-refractivity contribution >= 4 is 11.9 Å². The van der Waals surface area contributed by atoms with Crippen molar-refractivity contribution in [1.29, 1.82) is 0 Å². The third-order valence-electron chi connectivity index (χ3n) is 7.31. The zero-order valence-corrected chi connectivity index (χ0v) is 23.4. The van der Waals surface area contributed by atoms with Crippen LogP contribution in [0, 0.1) is 5.82 Å². The van der Waals surface area contributed by atoms with E-state index in [0.29, 0.717) is 30.6 Å². The molecule has 0 amide bonds. The number of esters is 2. The first-order valence-corrected chi connectivity index (χ1v) is 14.1. The van der Waals surface area contributed by atoms with Gasteiger partial charge in [-0.3, -0.25) is 0 Å². The van der Waals surface area contributed by atoms with Crippen molar-refractivity contribution in [3.63, 3.8) is 0 Å². The molecule has 226 valence electrons. The Hall–Kier alpha value is -4.83. The summed E-state index contributed by atoms with van der Waals surface area (Å²) in [7, 11) is 0. The van der Waals surface area contributed by atoms with Gasteiger partial charge in [-0.15, -0.1) is 0 Å². The van der Waals surface area contributed by atoms with Gasteiger partial charge in [-0.05, 0) is 115 Å². The van der Waals surface area contributed by atoms with E-state index in [2.05, 4.69) is 4.74 Å². The van der Waals surface area contributed by atoms with Crippen LogP contribution in [0.2, 0.25) is 0 Å². The van der Waals surface area contributed by atoms with Crippen molar-refractivity contribution in [2.24, 2.45) is 0 Å². The van der Waals surface area contributed by atoms with Gasteiger partial charge in [0.1, 0.15) is 17.2 Å². The van der Waals surface area contributed by atoms with Gasteiger partial charge in [0.2, 0.25) is 0 Å². The average molecular weight is 605 g/mol. The highest BCUT2D eigenvalue weighted by atomic mass is 19.3. The zero-order valence-electron chi connectivity index (χ0n) is 23.4. The molecule has 7 nitrogen and oxygen atoms in total. The molecular weight excluding hydrogens is 577 g/mol. The molecule has 1 fully saturated rings. The van der Waals surface area contributed by atoms with E-state index in [9.17, 15) is 22.8 Å². The minimum atomic E-state index is -2.96. The fourth-order valence-electron chi connectivity index (χ4n) is 5.03. The van der Waals surface area contributed by atoms with Crippen LogP contribution in [0.5, 0.6) is 23.0 Å². The number of unbranched alkanes of at least 4 members (excludes halogenated alkanes) is 1. The molecule has 1 atom stereocenters. The van der Waals surface area contributed by atoms with Crippen LogP contribution in [0.25, 0.3) is 11.1 Å². The summed E-state index contributed by atoms with van der Waals surface area (Å²) in [5.41, 5.74) is 3.96. The molecule has 0 aromatic heterocycles. The molecule has 44 heavy (non-hydrogen) atoms. The Balaban J connectivity index is 1.05. The molecule has 4 aromatic rings. The van der Waals surface area contributed by atoms with Gasteiger partial charge in [0, 0.05) is 0 Å². The Morgan fingerprint density at radius 1 is 0.773 bits per heavy atom. The summed E-state index contributed by atoms with van der Waals surface area (Å²) in [4.78, 5) is 25.3. The molecule has 0 bridgehead atoms. The van der Waals surface area contributed by atoms with Crippen molar-refractivity contribution in [3.05, 3.63) is 107 Å². The summed E-state index contributed by atoms with van der Waals surface area (Å²) in [5.74, 6) is -1.32. The minimum Gasteiger partial charge on any atom is -0.491 e. The maximum absolute atomic E-state index is 14.6. The Bertz CT molecular complexity index is 1680. The lowest BCUT2D eigenvalue weighted by Gasteiger charge is -2.10. The normalized spacial score (nSPS) is 14.5. The van der Waals surface area contributed by atoms with Crippen LogP contribution in [-0.2, 0) is 11.2 Å². The van der Waals surface area contributed by atoms with Crippen molar-refractivity contribution in [1.82, 2.24) is 0 Å². The molecular formula is C34H27F3O7. The summed E-state index contributed by atoms with van der Waals surface area (Å²) in [5, 5.41) is 0. The molecule has 1 aliphatic carbocycles. The number of carbonyl (C=O) groups is 2. The first-order valence-electron chi connectivity index (χ1n) is 14.1. The summed E-state index contributed by atoms with van der Waals surface area (Å²) in [6.45, 7) is -1.76. The second kappa shape index (κ2) is 12.8. The van der Waals surface area contributed by atoms with Crippen molar-refractivity contribution in [2.75, 3.05) is 13.2 Å². The third-order valence-corrected chi connectivity index (χ3v) is 7.31. The molecule has 0 radical (unpaired) electrons. The number of hydrogen-bond acceptors (Lipinski definition) is 7. The van der Waals surface area contributed by atoms with Crippen molar-refractivity contribution in [2.45, 2.75) is 38.4 Å². The second-order valence-electron chi connectivity index (χ2n) is 10.4. The van der Waals surface area contributed by atoms with E-state index >= 15 is 0 Å². The third kappa shape index (κ3) is 7.03. The summed E-state index contributed by atoms with van der Waals surface area (Å²) >= 11 is 0. The van der Waals surface area contributed by atoms with Crippen LogP contribution in [0.15, 0.2) is 78.9 Å². The number of fused-ring (bicyclic) bond motifs is 3. The van der Waals surface area contributed by atoms with Crippen LogP contribution in [0.1, 0.15) is 51.1 Å². The molecule has 0 saturated carbocycles.